The molecule has 1 fully saturated rings. The van der Waals surface area contributed by atoms with Gasteiger partial charge in [0.1, 0.15) is 0 Å². The summed E-state index contributed by atoms with van der Waals surface area (Å²) in [5, 5.41) is 0. The molecule has 0 aliphatic heterocycles. The van der Waals surface area contributed by atoms with Crippen molar-refractivity contribution in [1.82, 2.24) is 0 Å². The second kappa shape index (κ2) is 3.75. The number of hydrogen-bond donors (Lipinski definition) is 0. The van der Waals surface area contributed by atoms with Crippen molar-refractivity contribution >= 4 is 0 Å². The van der Waals surface area contributed by atoms with Crippen LogP contribution in [0.1, 0.15) is 50.7 Å². The van der Waals surface area contributed by atoms with Gasteiger partial charge in [0, 0.05) is 0 Å². The van der Waals surface area contributed by atoms with Gasteiger partial charge in [-0.05, 0) is 51.8 Å². The minimum Gasteiger partial charge on any atom is -0.0622 e. The van der Waals surface area contributed by atoms with Crippen LogP contribution in [0.15, 0.2) is 48.5 Å². The Hall–Kier alpha value is -1.56. The standard InChI is InChI=1S/C20H22/c1-19(2)16-12-13-20(19,3)17-11-7-10-15(18(16)17)14-8-5-4-6-9-14/h4-11,16H,12-13H2,1-3H3. The highest BCUT2D eigenvalue weighted by molar-refractivity contribution is 5.73. The average molecular weight is 262 g/mol. The molecular weight excluding hydrogens is 240 g/mol. The third-order valence-electron chi connectivity index (χ3n) is 6.36. The number of rotatable bonds is 1. The van der Waals surface area contributed by atoms with E-state index in [2.05, 4.69) is 69.3 Å². The molecule has 2 aliphatic carbocycles. The molecule has 4 rings (SSSR count). The summed E-state index contributed by atoms with van der Waals surface area (Å²) in [5.41, 5.74) is 6.83. The van der Waals surface area contributed by atoms with Crippen LogP contribution in [-0.4, -0.2) is 0 Å². The predicted molar refractivity (Wildman–Crippen MR) is 85.0 cm³/mol. The van der Waals surface area contributed by atoms with Gasteiger partial charge in [0.15, 0.2) is 0 Å². The number of benzene rings is 2. The molecule has 0 amide bonds. The van der Waals surface area contributed by atoms with Crippen molar-refractivity contribution in [2.24, 2.45) is 5.41 Å². The molecule has 0 saturated heterocycles. The maximum atomic E-state index is 2.48. The predicted octanol–water partition coefficient (Wildman–Crippen LogP) is 5.53. The van der Waals surface area contributed by atoms with E-state index in [-0.39, 0.29) is 0 Å². The Labute approximate surface area is 121 Å². The quantitative estimate of drug-likeness (QED) is 0.634. The fourth-order valence-corrected chi connectivity index (χ4v) is 4.78. The van der Waals surface area contributed by atoms with E-state index in [9.17, 15) is 0 Å². The highest BCUT2D eigenvalue weighted by Gasteiger charge is 2.59. The van der Waals surface area contributed by atoms with E-state index in [1.54, 1.807) is 11.1 Å². The van der Waals surface area contributed by atoms with Crippen LogP contribution in [-0.2, 0) is 5.41 Å². The first-order chi connectivity index (χ1) is 9.56. The molecule has 0 aromatic heterocycles. The van der Waals surface area contributed by atoms with E-state index in [4.69, 9.17) is 0 Å². The van der Waals surface area contributed by atoms with Gasteiger partial charge in [0.05, 0.1) is 0 Å². The van der Waals surface area contributed by atoms with Gasteiger partial charge in [-0.3, -0.25) is 0 Å². The molecule has 102 valence electrons. The van der Waals surface area contributed by atoms with Crippen LogP contribution in [0.5, 0.6) is 0 Å². The first-order valence-electron chi connectivity index (χ1n) is 7.74. The Morgan fingerprint density at radius 1 is 0.900 bits per heavy atom. The average Bonchev–Trinajstić information content (AvgIpc) is 2.80. The summed E-state index contributed by atoms with van der Waals surface area (Å²) in [6, 6.07) is 17.8. The summed E-state index contributed by atoms with van der Waals surface area (Å²) in [6.45, 7) is 7.42. The minimum atomic E-state index is 0.359. The summed E-state index contributed by atoms with van der Waals surface area (Å²) >= 11 is 0. The molecule has 0 spiro atoms. The normalized spacial score (nSPS) is 29.4. The lowest BCUT2D eigenvalue weighted by Crippen LogP contribution is -2.31. The first kappa shape index (κ1) is 12.2. The highest BCUT2D eigenvalue weighted by atomic mass is 14.6. The van der Waals surface area contributed by atoms with Crippen molar-refractivity contribution in [3.05, 3.63) is 59.7 Å². The van der Waals surface area contributed by atoms with Crippen LogP contribution in [0.3, 0.4) is 0 Å². The zero-order valence-corrected chi connectivity index (χ0v) is 12.6. The molecule has 2 unspecified atom stereocenters. The molecule has 0 heteroatoms. The third-order valence-corrected chi connectivity index (χ3v) is 6.36. The van der Waals surface area contributed by atoms with Crippen molar-refractivity contribution in [1.29, 1.82) is 0 Å². The van der Waals surface area contributed by atoms with Gasteiger partial charge in [0.2, 0.25) is 0 Å². The second-order valence-corrected chi connectivity index (χ2v) is 7.28. The van der Waals surface area contributed by atoms with E-state index in [1.165, 1.54) is 24.0 Å². The summed E-state index contributed by atoms with van der Waals surface area (Å²) in [4.78, 5) is 0. The van der Waals surface area contributed by atoms with E-state index >= 15 is 0 Å². The largest absolute Gasteiger partial charge is 0.0622 e. The lowest BCUT2D eigenvalue weighted by molar-refractivity contribution is 0.231. The Morgan fingerprint density at radius 2 is 1.65 bits per heavy atom. The number of fused-ring (bicyclic) bond motifs is 5. The van der Waals surface area contributed by atoms with Crippen LogP contribution in [0.25, 0.3) is 11.1 Å². The van der Waals surface area contributed by atoms with Gasteiger partial charge in [-0.25, -0.2) is 0 Å². The van der Waals surface area contributed by atoms with Crippen molar-refractivity contribution in [2.75, 3.05) is 0 Å². The van der Waals surface area contributed by atoms with Crippen LogP contribution in [0.4, 0.5) is 0 Å². The Kier molecular flexibility index (Phi) is 2.29. The van der Waals surface area contributed by atoms with Crippen molar-refractivity contribution in [2.45, 2.75) is 44.9 Å². The summed E-state index contributed by atoms with van der Waals surface area (Å²) < 4.78 is 0. The molecule has 2 aromatic carbocycles. The molecule has 1 saturated carbocycles. The van der Waals surface area contributed by atoms with Gasteiger partial charge < -0.3 is 0 Å². The molecule has 0 N–H and O–H groups in total. The van der Waals surface area contributed by atoms with Crippen LogP contribution >= 0.6 is 0 Å². The molecule has 0 nitrogen and oxygen atoms in total. The van der Waals surface area contributed by atoms with Gasteiger partial charge in [-0.15, -0.1) is 0 Å². The fraction of sp³-hybridized carbons (Fsp3) is 0.400. The molecule has 20 heavy (non-hydrogen) atoms. The fourth-order valence-electron chi connectivity index (χ4n) is 4.78. The van der Waals surface area contributed by atoms with E-state index in [0.717, 1.165) is 5.92 Å². The van der Waals surface area contributed by atoms with Gasteiger partial charge >= 0.3 is 0 Å². The summed E-state index contributed by atoms with van der Waals surface area (Å²) in [5.74, 6) is 0.721. The number of hydrogen-bond acceptors (Lipinski definition) is 0. The third kappa shape index (κ3) is 1.28. The Balaban J connectivity index is 2.00. The van der Waals surface area contributed by atoms with Gasteiger partial charge in [-0.2, -0.15) is 0 Å². The molecule has 2 aromatic rings. The smallest absolute Gasteiger partial charge is 0.00150 e. The first-order valence-corrected chi connectivity index (χ1v) is 7.74. The SMILES string of the molecule is CC12CCC(c3c(-c4ccccc4)cccc31)C2(C)C. The van der Waals surface area contributed by atoms with Gasteiger partial charge in [-0.1, -0.05) is 69.3 Å². The maximum Gasteiger partial charge on any atom is -0.00150 e. The summed E-state index contributed by atoms with van der Waals surface area (Å²) in [6.07, 6.45) is 2.69. The molecule has 2 atom stereocenters. The van der Waals surface area contributed by atoms with Crippen molar-refractivity contribution in [3.63, 3.8) is 0 Å². The van der Waals surface area contributed by atoms with Crippen molar-refractivity contribution in [3.8, 4) is 11.1 Å². The topological polar surface area (TPSA) is 0 Å². The lowest BCUT2D eigenvalue weighted by atomic mass is 9.69. The maximum absolute atomic E-state index is 2.48. The highest BCUT2D eigenvalue weighted by Crippen LogP contribution is 2.68. The molecule has 0 radical (unpaired) electrons. The second-order valence-electron chi connectivity index (χ2n) is 7.28. The summed E-state index contributed by atoms with van der Waals surface area (Å²) in [7, 11) is 0. The van der Waals surface area contributed by atoms with Crippen LogP contribution < -0.4 is 0 Å². The van der Waals surface area contributed by atoms with Crippen LogP contribution in [0, 0.1) is 5.41 Å². The molecule has 2 bridgehead atoms. The van der Waals surface area contributed by atoms with Crippen molar-refractivity contribution < 1.29 is 0 Å². The monoisotopic (exact) mass is 262 g/mol. The molecule has 0 heterocycles. The van der Waals surface area contributed by atoms with E-state index in [0.29, 0.717) is 10.8 Å². The minimum absolute atomic E-state index is 0.359. The van der Waals surface area contributed by atoms with Crippen LogP contribution in [0.2, 0.25) is 0 Å². The lowest BCUT2D eigenvalue weighted by Gasteiger charge is -2.35. The zero-order chi connectivity index (χ0) is 14.0. The zero-order valence-electron chi connectivity index (χ0n) is 12.6. The Bertz CT molecular complexity index is 666. The van der Waals surface area contributed by atoms with E-state index in [1.807, 2.05) is 0 Å². The Morgan fingerprint density at radius 3 is 2.40 bits per heavy atom. The molecule has 2 aliphatic rings. The van der Waals surface area contributed by atoms with E-state index < -0.39 is 0 Å². The molecular formula is C20H22. The van der Waals surface area contributed by atoms with Gasteiger partial charge in [0.25, 0.3) is 0 Å².